The van der Waals surface area contributed by atoms with E-state index in [2.05, 4.69) is 65.7 Å². The van der Waals surface area contributed by atoms with E-state index in [0.717, 1.165) is 32.5 Å². The summed E-state index contributed by atoms with van der Waals surface area (Å²) in [6.45, 7) is 7.75. The number of nitrogens with zero attached hydrogens (tertiary/aromatic N) is 3. The third kappa shape index (κ3) is 2.98. The van der Waals surface area contributed by atoms with E-state index in [1.165, 1.54) is 27.6 Å². The predicted octanol–water partition coefficient (Wildman–Crippen LogP) is 4.53. The molecular formula is C22H27N3. The first-order valence-corrected chi connectivity index (χ1v) is 9.36. The van der Waals surface area contributed by atoms with Crippen molar-refractivity contribution in [1.29, 1.82) is 0 Å². The maximum absolute atomic E-state index is 4.18. The van der Waals surface area contributed by atoms with Gasteiger partial charge in [-0.05, 0) is 55.8 Å². The lowest BCUT2D eigenvalue weighted by molar-refractivity contribution is 0.308. The Morgan fingerprint density at radius 1 is 1.16 bits per heavy atom. The van der Waals surface area contributed by atoms with Crippen LogP contribution in [0.4, 0.5) is 0 Å². The molecule has 3 nitrogen and oxygen atoms in total. The second-order valence-electron chi connectivity index (χ2n) is 7.43. The molecule has 0 bridgehead atoms. The highest BCUT2D eigenvalue weighted by molar-refractivity contribution is 5.86. The third-order valence-electron chi connectivity index (χ3n) is 5.67. The number of aryl methyl sites for hydroxylation is 1. The fourth-order valence-electron chi connectivity index (χ4n) is 4.23. The van der Waals surface area contributed by atoms with Gasteiger partial charge in [0.05, 0.1) is 0 Å². The lowest BCUT2D eigenvalue weighted by Gasteiger charge is -2.25. The first kappa shape index (κ1) is 16.3. The zero-order valence-electron chi connectivity index (χ0n) is 15.5. The zero-order valence-corrected chi connectivity index (χ0v) is 15.5. The molecule has 0 saturated carbocycles. The number of hydrogen-bond donors (Lipinski definition) is 0. The lowest BCUT2D eigenvalue weighted by atomic mass is 9.97. The van der Waals surface area contributed by atoms with Crippen molar-refractivity contribution in [3.05, 3.63) is 65.1 Å². The highest BCUT2D eigenvalue weighted by Crippen LogP contribution is 2.33. The Morgan fingerprint density at radius 3 is 2.72 bits per heavy atom. The molecule has 0 saturated heterocycles. The average Bonchev–Trinajstić information content (AvgIpc) is 2.92. The van der Waals surface area contributed by atoms with Crippen molar-refractivity contribution < 1.29 is 0 Å². The highest BCUT2D eigenvalue weighted by Gasteiger charge is 2.24. The number of aromatic nitrogens is 2. The summed E-state index contributed by atoms with van der Waals surface area (Å²) >= 11 is 0. The van der Waals surface area contributed by atoms with Crippen molar-refractivity contribution in [3.8, 4) is 0 Å². The number of fused-ring (bicyclic) bond motifs is 3. The first-order chi connectivity index (χ1) is 12.2. The van der Waals surface area contributed by atoms with Crippen molar-refractivity contribution >= 4 is 10.9 Å². The van der Waals surface area contributed by atoms with Crippen LogP contribution in [-0.2, 0) is 19.5 Å². The topological polar surface area (TPSA) is 21.1 Å². The summed E-state index contributed by atoms with van der Waals surface area (Å²) in [5.41, 5.74) is 7.23. The fraction of sp³-hybridized carbons (Fsp3) is 0.409. The van der Waals surface area contributed by atoms with Crippen molar-refractivity contribution in [1.82, 2.24) is 14.5 Å². The molecule has 3 heteroatoms. The Balaban J connectivity index is 1.81. The van der Waals surface area contributed by atoms with Crippen LogP contribution in [0.5, 0.6) is 0 Å². The molecule has 1 aliphatic heterocycles. The van der Waals surface area contributed by atoms with E-state index in [0.29, 0.717) is 5.92 Å². The van der Waals surface area contributed by atoms with Gasteiger partial charge in [0.2, 0.25) is 0 Å². The van der Waals surface area contributed by atoms with Gasteiger partial charge < -0.3 is 9.47 Å². The Kier molecular flexibility index (Phi) is 4.34. The van der Waals surface area contributed by atoms with Crippen LogP contribution in [0.15, 0.2) is 42.7 Å². The van der Waals surface area contributed by atoms with Crippen LogP contribution in [0.2, 0.25) is 0 Å². The number of hydrogen-bond acceptors (Lipinski definition) is 2. The summed E-state index contributed by atoms with van der Waals surface area (Å²) in [5, 5.41) is 1.45. The Morgan fingerprint density at radius 2 is 1.96 bits per heavy atom. The monoisotopic (exact) mass is 333 g/mol. The molecule has 3 aromatic rings. The van der Waals surface area contributed by atoms with Crippen molar-refractivity contribution in [2.24, 2.45) is 0 Å². The van der Waals surface area contributed by atoms with E-state index in [9.17, 15) is 0 Å². The van der Waals surface area contributed by atoms with Gasteiger partial charge >= 0.3 is 0 Å². The molecule has 0 fully saturated rings. The summed E-state index contributed by atoms with van der Waals surface area (Å²) in [5.74, 6) is 0.531. The fourth-order valence-corrected chi connectivity index (χ4v) is 4.23. The Hall–Kier alpha value is -2.13. The minimum absolute atomic E-state index is 0.531. The molecule has 1 unspecified atom stereocenters. The second-order valence-corrected chi connectivity index (χ2v) is 7.43. The molecule has 0 aliphatic carbocycles. The van der Waals surface area contributed by atoms with Crippen molar-refractivity contribution in [2.45, 2.75) is 45.7 Å². The molecule has 25 heavy (non-hydrogen) atoms. The predicted molar refractivity (Wildman–Crippen MR) is 104 cm³/mol. The van der Waals surface area contributed by atoms with Crippen LogP contribution in [0, 0.1) is 6.92 Å². The molecule has 1 atom stereocenters. The maximum atomic E-state index is 4.18. The molecule has 1 aliphatic rings. The van der Waals surface area contributed by atoms with Crippen LogP contribution < -0.4 is 0 Å². The lowest BCUT2D eigenvalue weighted by Crippen LogP contribution is -2.27. The largest absolute Gasteiger partial charge is 0.344 e. The smallest absolute Gasteiger partial charge is 0.0486 e. The zero-order chi connectivity index (χ0) is 17.4. The van der Waals surface area contributed by atoms with Crippen molar-refractivity contribution in [3.63, 3.8) is 0 Å². The molecule has 130 valence electrons. The molecular weight excluding hydrogens is 306 g/mol. The Labute approximate surface area is 150 Å². The van der Waals surface area contributed by atoms with Gasteiger partial charge in [-0.2, -0.15) is 0 Å². The van der Waals surface area contributed by atoms with Crippen LogP contribution in [0.3, 0.4) is 0 Å². The molecule has 0 amide bonds. The summed E-state index contributed by atoms with van der Waals surface area (Å²) in [4.78, 5) is 6.62. The van der Waals surface area contributed by atoms with E-state index >= 15 is 0 Å². The molecule has 0 N–H and O–H groups in total. The normalized spacial score (nSPS) is 16.1. The first-order valence-electron chi connectivity index (χ1n) is 9.36. The van der Waals surface area contributed by atoms with Gasteiger partial charge in [0, 0.05) is 61.0 Å². The average molecular weight is 333 g/mol. The standard InChI is InChI=1S/C22H27N3/c1-4-17(18-7-10-23-11-8-18)14-25-21-6-5-16(2)13-19(21)20-15-24(3)12-9-22(20)25/h5-8,10-11,13,17H,4,9,12,14-15H2,1-3H3. The summed E-state index contributed by atoms with van der Waals surface area (Å²) < 4.78 is 2.60. The number of rotatable bonds is 4. The summed E-state index contributed by atoms with van der Waals surface area (Å²) in [6, 6.07) is 11.3. The van der Waals surface area contributed by atoms with Gasteiger partial charge in [0.15, 0.2) is 0 Å². The van der Waals surface area contributed by atoms with Crippen LogP contribution in [0.25, 0.3) is 10.9 Å². The van der Waals surface area contributed by atoms with E-state index < -0.39 is 0 Å². The van der Waals surface area contributed by atoms with Gasteiger partial charge in [-0.3, -0.25) is 4.98 Å². The quantitative estimate of drug-likeness (QED) is 0.699. The minimum Gasteiger partial charge on any atom is -0.344 e. The van der Waals surface area contributed by atoms with E-state index in [1.54, 1.807) is 5.69 Å². The second kappa shape index (κ2) is 6.64. The van der Waals surface area contributed by atoms with Gasteiger partial charge in [-0.15, -0.1) is 0 Å². The molecule has 2 aromatic heterocycles. The van der Waals surface area contributed by atoms with Crippen molar-refractivity contribution in [2.75, 3.05) is 13.6 Å². The highest BCUT2D eigenvalue weighted by atomic mass is 15.1. The molecule has 3 heterocycles. The van der Waals surface area contributed by atoms with E-state index in [1.807, 2.05) is 12.4 Å². The number of likely N-dealkylation sites (N-methyl/N-ethyl adjacent to an activating group) is 1. The third-order valence-corrected chi connectivity index (χ3v) is 5.67. The number of pyridine rings is 1. The van der Waals surface area contributed by atoms with Gasteiger partial charge in [-0.25, -0.2) is 0 Å². The number of benzene rings is 1. The van der Waals surface area contributed by atoms with E-state index in [-0.39, 0.29) is 0 Å². The molecule has 0 spiro atoms. The molecule has 1 aromatic carbocycles. The van der Waals surface area contributed by atoms with Gasteiger partial charge in [-0.1, -0.05) is 18.6 Å². The minimum atomic E-state index is 0.531. The van der Waals surface area contributed by atoms with Crippen LogP contribution in [-0.4, -0.2) is 28.0 Å². The molecule has 0 radical (unpaired) electrons. The molecule has 4 rings (SSSR count). The van der Waals surface area contributed by atoms with Crippen LogP contribution in [0.1, 0.15) is 41.6 Å². The SMILES string of the molecule is CCC(Cn1c2c(c3cc(C)ccc31)CN(C)CC2)c1ccncc1. The summed E-state index contributed by atoms with van der Waals surface area (Å²) in [6.07, 6.45) is 6.12. The van der Waals surface area contributed by atoms with Gasteiger partial charge in [0.1, 0.15) is 0 Å². The van der Waals surface area contributed by atoms with Gasteiger partial charge in [0.25, 0.3) is 0 Å². The summed E-state index contributed by atoms with van der Waals surface area (Å²) in [7, 11) is 2.23. The maximum Gasteiger partial charge on any atom is 0.0486 e. The van der Waals surface area contributed by atoms with Crippen LogP contribution >= 0.6 is 0 Å². The van der Waals surface area contributed by atoms with E-state index in [4.69, 9.17) is 0 Å². The Bertz CT molecular complexity index is 879.